The highest BCUT2D eigenvalue weighted by Gasteiger charge is 2.19. The lowest BCUT2D eigenvalue weighted by atomic mass is 10.1. The number of carbonyl (C=O) groups excluding carboxylic acids is 1. The Morgan fingerprint density at radius 3 is 2.47 bits per heavy atom. The van der Waals surface area contributed by atoms with Gasteiger partial charge in [-0.05, 0) is 45.2 Å². The van der Waals surface area contributed by atoms with Gasteiger partial charge in [-0.25, -0.2) is 4.79 Å². The molecule has 1 saturated heterocycles. The van der Waals surface area contributed by atoms with E-state index in [1.165, 1.54) is 32.4 Å². The molecular weight excluding hydrogens is 238 g/mol. The predicted octanol–water partition coefficient (Wildman–Crippen LogP) is 1.61. The number of piperidine rings is 1. The summed E-state index contributed by atoms with van der Waals surface area (Å²) >= 11 is 0. The first-order valence-electron chi connectivity index (χ1n) is 7.26. The maximum absolute atomic E-state index is 12.0. The molecule has 1 atom stereocenters. The normalized spacial score (nSPS) is 18.0. The monoisotopic (exact) mass is 262 g/mol. The summed E-state index contributed by atoms with van der Waals surface area (Å²) < 4.78 is 5.52. The molecule has 1 aromatic carbocycles. The smallest absolute Gasteiger partial charge is 0.338 e. The molecular formula is C16H24NO2+. The molecule has 0 radical (unpaired) electrons. The summed E-state index contributed by atoms with van der Waals surface area (Å²) in [5, 5.41) is 0. The Morgan fingerprint density at radius 1 is 1.21 bits per heavy atom. The number of hydrogen-bond donors (Lipinski definition) is 1. The molecule has 0 aliphatic carbocycles. The van der Waals surface area contributed by atoms with Crippen molar-refractivity contribution in [2.75, 3.05) is 19.6 Å². The number of hydrogen-bond acceptors (Lipinski definition) is 2. The molecule has 0 saturated carbocycles. The Morgan fingerprint density at radius 2 is 1.84 bits per heavy atom. The first-order chi connectivity index (χ1) is 9.15. The summed E-state index contributed by atoms with van der Waals surface area (Å²) in [5.41, 5.74) is 1.80. The van der Waals surface area contributed by atoms with Gasteiger partial charge in [-0.3, -0.25) is 0 Å². The summed E-state index contributed by atoms with van der Waals surface area (Å²) in [7, 11) is 0. The Labute approximate surface area is 115 Å². The van der Waals surface area contributed by atoms with Crippen molar-refractivity contribution in [2.24, 2.45) is 0 Å². The standard InChI is InChI=1S/C16H23NO2/c1-13-6-8-15(9-7-13)16(18)19-14(2)12-17-10-4-3-5-11-17/h6-9,14H,3-5,10-12H2,1-2H3/p+1/t14-/m0/s1. The average Bonchev–Trinajstić information content (AvgIpc) is 2.40. The van der Waals surface area contributed by atoms with Gasteiger partial charge in [-0.15, -0.1) is 0 Å². The van der Waals surface area contributed by atoms with E-state index >= 15 is 0 Å². The minimum atomic E-state index is -0.205. The number of likely N-dealkylation sites (tertiary alicyclic amines) is 1. The van der Waals surface area contributed by atoms with E-state index in [1.54, 1.807) is 4.90 Å². The molecule has 2 rings (SSSR count). The van der Waals surface area contributed by atoms with E-state index in [2.05, 4.69) is 0 Å². The lowest BCUT2D eigenvalue weighted by molar-refractivity contribution is -0.907. The third-order valence-corrected chi connectivity index (χ3v) is 3.73. The van der Waals surface area contributed by atoms with Crippen LogP contribution in [0.25, 0.3) is 0 Å². The molecule has 1 aliphatic heterocycles. The molecule has 0 unspecified atom stereocenters. The van der Waals surface area contributed by atoms with Crippen LogP contribution in [0.5, 0.6) is 0 Å². The van der Waals surface area contributed by atoms with Crippen LogP contribution in [0, 0.1) is 6.92 Å². The number of esters is 1. The van der Waals surface area contributed by atoms with Crippen LogP contribution in [-0.4, -0.2) is 31.7 Å². The fourth-order valence-electron chi connectivity index (χ4n) is 2.64. The number of carbonyl (C=O) groups is 1. The van der Waals surface area contributed by atoms with Gasteiger partial charge >= 0.3 is 5.97 Å². The van der Waals surface area contributed by atoms with E-state index in [0.29, 0.717) is 5.56 Å². The molecule has 3 nitrogen and oxygen atoms in total. The lowest BCUT2D eigenvalue weighted by Crippen LogP contribution is -3.13. The molecule has 1 fully saturated rings. The fourth-order valence-corrected chi connectivity index (χ4v) is 2.64. The molecule has 19 heavy (non-hydrogen) atoms. The van der Waals surface area contributed by atoms with Gasteiger partial charge in [0.15, 0.2) is 0 Å². The summed E-state index contributed by atoms with van der Waals surface area (Å²) in [6.45, 7) is 7.36. The van der Waals surface area contributed by atoms with Crippen LogP contribution in [0.4, 0.5) is 0 Å². The predicted molar refractivity (Wildman–Crippen MR) is 75.5 cm³/mol. The second kappa shape index (κ2) is 6.71. The molecule has 0 bridgehead atoms. The molecule has 1 heterocycles. The van der Waals surface area contributed by atoms with Gasteiger partial charge in [0, 0.05) is 0 Å². The van der Waals surface area contributed by atoms with Crippen molar-refractivity contribution >= 4 is 5.97 Å². The van der Waals surface area contributed by atoms with Crippen LogP contribution in [0.15, 0.2) is 24.3 Å². The van der Waals surface area contributed by atoms with Crippen molar-refractivity contribution in [1.82, 2.24) is 0 Å². The topological polar surface area (TPSA) is 30.7 Å². The van der Waals surface area contributed by atoms with Crippen molar-refractivity contribution in [3.05, 3.63) is 35.4 Å². The highest BCUT2D eigenvalue weighted by molar-refractivity contribution is 5.89. The number of rotatable bonds is 4. The zero-order chi connectivity index (χ0) is 13.7. The van der Waals surface area contributed by atoms with E-state index in [0.717, 1.165) is 12.1 Å². The van der Waals surface area contributed by atoms with Gasteiger partial charge in [-0.2, -0.15) is 0 Å². The van der Waals surface area contributed by atoms with E-state index in [9.17, 15) is 4.79 Å². The molecule has 0 amide bonds. The minimum Gasteiger partial charge on any atom is -0.453 e. The molecule has 1 aromatic rings. The highest BCUT2D eigenvalue weighted by Crippen LogP contribution is 2.06. The SMILES string of the molecule is Cc1ccc(C(=O)O[C@@H](C)C[NH+]2CCCCC2)cc1. The second-order valence-corrected chi connectivity index (χ2v) is 5.60. The van der Waals surface area contributed by atoms with E-state index < -0.39 is 0 Å². The van der Waals surface area contributed by atoms with Crippen molar-refractivity contribution in [3.8, 4) is 0 Å². The summed E-state index contributed by atoms with van der Waals surface area (Å²) in [5.74, 6) is -0.205. The lowest BCUT2D eigenvalue weighted by Gasteiger charge is -2.26. The van der Waals surface area contributed by atoms with Crippen LogP contribution < -0.4 is 4.90 Å². The molecule has 3 heteroatoms. The Hall–Kier alpha value is -1.35. The van der Waals surface area contributed by atoms with Gasteiger partial charge < -0.3 is 9.64 Å². The van der Waals surface area contributed by atoms with Gasteiger partial charge in [0.05, 0.1) is 18.7 Å². The van der Waals surface area contributed by atoms with Gasteiger partial charge in [-0.1, -0.05) is 17.7 Å². The summed E-state index contributed by atoms with van der Waals surface area (Å²) in [6, 6.07) is 7.55. The first kappa shape index (κ1) is 14.1. The highest BCUT2D eigenvalue weighted by atomic mass is 16.5. The van der Waals surface area contributed by atoms with E-state index in [4.69, 9.17) is 4.74 Å². The van der Waals surface area contributed by atoms with Crippen LogP contribution in [0.3, 0.4) is 0 Å². The molecule has 104 valence electrons. The van der Waals surface area contributed by atoms with E-state index in [-0.39, 0.29) is 12.1 Å². The Kier molecular flexibility index (Phi) is 4.97. The maximum Gasteiger partial charge on any atom is 0.338 e. The largest absolute Gasteiger partial charge is 0.453 e. The zero-order valence-electron chi connectivity index (χ0n) is 11.9. The number of ether oxygens (including phenoxy) is 1. The minimum absolute atomic E-state index is 0.0121. The zero-order valence-corrected chi connectivity index (χ0v) is 11.9. The van der Waals surface area contributed by atoms with Crippen molar-refractivity contribution in [1.29, 1.82) is 0 Å². The summed E-state index contributed by atoms with van der Waals surface area (Å²) in [6.07, 6.45) is 3.94. The molecule has 0 aromatic heterocycles. The number of aryl methyl sites for hydroxylation is 1. The fraction of sp³-hybridized carbons (Fsp3) is 0.562. The van der Waals surface area contributed by atoms with Crippen molar-refractivity contribution < 1.29 is 14.4 Å². The van der Waals surface area contributed by atoms with Gasteiger partial charge in [0.1, 0.15) is 12.6 Å². The summed E-state index contributed by atoms with van der Waals surface area (Å²) in [4.78, 5) is 13.5. The van der Waals surface area contributed by atoms with Crippen LogP contribution >= 0.6 is 0 Å². The number of nitrogens with one attached hydrogen (secondary N) is 1. The second-order valence-electron chi connectivity index (χ2n) is 5.60. The van der Waals surface area contributed by atoms with Crippen LogP contribution in [0.1, 0.15) is 42.1 Å². The maximum atomic E-state index is 12.0. The van der Waals surface area contributed by atoms with Crippen LogP contribution in [0.2, 0.25) is 0 Å². The average molecular weight is 262 g/mol. The van der Waals surface area contributed by atoms with Gasteiger partial charge in [0.25, 0.3) is 0 Å². The first-order valence-corrected chi connectivity index (χ1v) is 7.26. The van der Waals surface area contributed by atoms with E-state index in [1.807, 2.05) is 38.1 Å². The van der Waals surface area contributed by atoms with Crippen molar-refractivity contribution in [2.45, 2.75) is 39.2 Å². The van der Waals surface area contributed by atoms with Crippen LogP contribution in [-0.2, 0) is 4.74 Å². The Balaban J connectivity index is 1.82. The molecule has 1 N–H and O–H groups in total. The number of benzene rings is 1. The quantitative estimate of drug-likeness (QED) is 0.836. The molecule has 1 aliphatic rings. The third kappa shape index (κ3) is 4.35. The van der Waals surface area contributed by atoms with Gasteiger partial charge in [0.2, 0.25) is 0 Å². The van der Waals surface area contributed by atoms with Crippen molar-refractivity contribution in [3.63, 3.8) is 0 Å². The third-order valence-electron chi connectivity index (χ3n) is 3.73. The number of quaternary nitrogens is 1. The molecule has 0 spiro atoms. The Bertz CT molecular complexity index is 407.